The van der Waals surface area contributed by atoms with Crippen molar-refractivity contribution in [3.05, 3.63) is 0 Å². The van der Waals surface area contributed by atoms with Crippen molar-refractivity contribution in [2.45, 2.75) is 51.7 Å². The third-order valence-corrected chi connectivity index (χ3v) is 2.87. The smallest absolute Gasteiger partial charge is 0.238 e. The zero-order valence-corrected chi connectivity index (χ0v) is 8.84. The maximum absolute atomic E-state index is 11.3. The van der Waals surface area contributed by atoms with Gasteiger partial charge in [-0.2, -0.15) is 0 Å². The topological polar surface area (TPSA) is 32.3 Å². The lowest BCUT2D eigenvalue weighted by molar-refractivity contribution is -0.120. The van der Waals surface area contributed by atoms with Gasteiger partial charge in [-0.05, 0) is 20.4 Å². The first-order valence-corrected chi connectivity index (χ1v) is 5.19. The van der Waals surface area contributed by atoms with Crippen LogP contribution in [-0.4, -0.2) is 30.1 Å². The van der Waals surface area contributed by atoms with Crippen LogP contribution in [0.1, 0.15) is 39.5 Å². The molecule has 1 rings (SSSR count). The highest BCUT2D eigenvalue weighted by atomic mass is 16.2. The summed E-state index contributed by atoms with van der Waals surface area (Å²) in [6.07, 6.45) is 5.06. The maximum Gasteiger partial charge on any atom is 0.238 e. The average Bonchev–Trinajstić information content (AvgIpc) is 2.34. The second kappa shape index (κ2) is 4.61. The second-order valence-electron chi connectivity index (χ2n) is 3.86. The van der Waals surface area contributed by atoms with Crippen molar-refractivity contribution in [1.82, 2.24) is 10.2 Å². The van der Waals surface area contributed by atoms with Gasteiger partial charge >= 0.3 is 0 Å². The Kier molecular flexibility index (Phi) is 3.72. The van der Waals surface area contributed by atoms with Crippen LogP contribution in [0.25, 0.3) is 0 Å². The van der Waals surface area contributed by atoms with E-state index in [0.29, 0.717) is 0 Å². The minimum Gasteiger partial charge on any atom is -0.339 e. The van der Waals surface area contributed by atoms with Crippen LogP contribution in [0.15, 0.2) is 0 Å². The zero-order valence-electron chi connectivity index (χ0n) is 8.84. The summed E-state index contributed by atoms with van der Waals surface area (Å²) in [5.41, 5.74) is 0. The molecule has 0 aliphatic carbocycles. The number of hydrogen-bond donors (Lipinski definition) is 1. The molecule has 0 bridgehead atoms. The lowest BCUT2D eigenvalue weighted by Gasteiger charge is -2.20. The number of likely N-dealkylation sites (N-methyl/N-ethyl adjacent to an activating group) is 1. The molecule has 13 heavy (non-hydrogen) atoms. The normalized spacial score (nSPS) is 29.3. The van der Waals surface area contributed by atoms with Gasteiger partial charge in [-0.3, -0.25) is 9.69 Å². The number of hydrogen-bond acceptors (Lipinski definition) is 2. The van der Waals surface area contributed by atoms with Crippen LogP contribution in [0.5, 0.6) is 0 Å². The largest absolute Gasteiger partial charge is 0.339 e. The Balaban J connectivity index is 2.31. The molecule has 3 heteroatoms. The van der Waals surface area contributed by atoms with E-state index in [1.54, 1.807) is 0 Å². The van der Waals surface area contributed by atoms with Crippen molar-refractivity contribution in [2.24, 2.45) is 0 Å². The highest BCUT2D eigenvalue weighted by Crippen LogP contribution is 2.14. The number of nitrogens with one attached hydrogen (secondary N) is 1. The Bertz CT molecular complexity index is 182. The summed E-state index contributed by atoms with van der Waals surface area (Å²) in [6, 6.07) is 0.0478. The summed E-state index contributed by atoms with van der Waals surface area (Å²) in [5.74, 6) is 0.170. The van der Waals surface area contributed by atoms with Crippen LogP contribution >= 0.6 is 0 Å². The van der Waals surface area contributed by atoms with Crippen LogP contribution in [0, 0.1) is 0 Å². The van der Waals surface area contributed by atoms with Gasteiger partial charge in [-0.15, -0.1) is 0 Å². The quantitative estimate of drug-likeness (QED) is 0.669. The van der Waals surface area contributed by atoms with Gasteiger partial charge in [0.1, 0.15) is 0 Å². The van der Waals surface area contributed by atoms with Crippen LogP contribution in [0.3, 0.4) is 0 Å². The fourth-order valence-corrected chi connectivity index (χ4v) is 1.70. The molecule has 1 heterocycles. The molecule has 76 valence electrons. The fraction of sp³-hybridized carbons (Fsp3) is 0.900. The summed E-state index contributed by atoms with van der Waals surface area (Å²) in [6.45, 7) is 4.15. The Morgan fingerprint density at radius 3 is 2.62 bits per heavy atom. The predicted octanol–water partition coefficient (Wildman–Crippen LogP) is 1.34. The molecule has 1 aliphatic rings. The van der Waals surface area contributed by atoms with E-state index < -0.39 is 0 Å². The third kappa shape index (κ3) is 2.44. The van der Waals surface area contributed by atoms with Gasteiger partial charge in [0.25, 0.3) is 0 Å². The van der Waals surface area contributed by atoms with Gasteiger partial charge in [0.05, 0.1) is 12.2 Å². The van der Waals surface area contributed by atoms with Crippen molar-refractivity contribution in [2.75, 3.05) is 7.05 Å². The molecule has 0 aromatic heterocycles. The molecule has 0 aromatic rings. The molecule has 1 amide bonds. The van der Waals surface area contributed by atoms with Crippen LogP contribution < -0.4 is 5.32 Å². The molecule has 0 unspecified atom stereocenters. The van der Waals surface area contributed by atoms with E-state index in [1.807, 2.05) is 14.0 Å². The molecular formula is C10H20N2O. The van der Waals surface area contributed by atoms with Crippen molar-refractivity contribution >= 4 is 5.91 Å². The lowest BCUT2D eigenvalue weighted by atomic mass is 10.1. The monoisotopic (exact) mass is 184 g/mol. The van der Waals surface area contributed by atoms with Crippen molar-refractivity contribution < 1.29 is 4.79 Å². The van der Waals surface area contributed by atoms with Gasteiger partial charge in [0, 0.05) is 0 Å². The number of rotatable bonds is 4. The molecule has 1 N–H and O–H groups in total. The first-order valence-electron chi connectivity index (χ1n) is 5.19. The van der Waals surface area contributed by atoms with E-state index in [4.69, 9.17) is 0 Å². The molecule has 0 saturated carbocycles. The molecule has 1 aliphatic heterocycles. The minimum atomic E-state index is 0.0478. The molecule has 0 aromatic carbocycles. The van der Waals surface area contributed by atoms with Crippen molar-refractivity contribution in [1.29, 1.82) is 0 Å². The number of nitrogens with zero attached hydrogens (tertiary/aromatic N) is 1. The highest BCUT2D eigenvalue weighted by Gasteiger charge is 2.32. The average molecular weight is 184 g/mol. The second-order valence-corrected chi connectivity index (χ2v) is 3.86. The Morgan fingerprint density at radius 2 is 2.15 bits per heavy atom. The van der Waals surface area contributed by atoms with E-state index in [-0.39, 0.29) is 18.1 Å². The van der Waals surface area contributed by atoms with Crippen molar-refractivity contribution in [3.8, 4) is 0 Å². The standard InChI is InChI=1S/C10H20N2O/c1-4-5-6-7-9-11-10(13)8(2)12(9)3/h8-9H,4-7H2,1-3H3,(H,11,13)/t8-,9+/m0/s1. The van der Waals surface area contributed by atoms with E-state index in [0.717, 1.165) is 6.42 Å². The van der Waals surface area contributed by atoms with Crippen LogP contribution in [0.4, 0.5) is 0 Å². The third-order valence-electron chi connectivity index (χ3n) is 2.87. The number of unbranched alkanes of at least 4 members (excludes halogenated alkanes) is 2. The Hall–Kier alpha value is -0.570. The van der Waals surface area contributed by atoms with Gasteiger partial charge in [-0.25, -0.2) is 0 Å². The van der Waals surface area contributed by atoms with Crippen LogP contribution in [0.2, 0.25) is 0 Å². The Labute approximate surface area is 80.5 Å². The zero-order chi connectivity index (χ0) is 9.84. The summed E-state index contributed by atoms with van der Waals surface area (Å²) in [5, 5.41) is 3.00. The van der Waals surface area contributed by atoms with E-state index in [2.05, 4.69) is 17.1 Å². The molecule has 1 fully saturated rings. The summed E-state index contributed by atoms with van der Waals surface area (Å²) in [4.78, 5) is 13.4. The van der Waals surface area contributed by atoms with E-state index in [1.165, 1.54) is 19.3 Å². The van der Waals surface area contributed by atoms with Gasteiger partial charge in [-0.1, -0.05) is 26.2 Å². The number of carbonyl (C=O) groups excluding carboxylic acids is 1. The Morgan fingerprint density at radius 1 is 1.46 bits per heavy atom. The highest BCUT2D eigenvalue weighted by molar-refractivity contribution is 5.83. The summed E-state index contributed by atoms with van der Waals surface area (Å²) in [7, 11) is 2.01. The molecule has 3 nitrogen and oxygen atoms in total. The van der Waals surface area contributed by atoms with Crippen molar-refractivity contribution in [3.63, 3.8) is 0 Å². The first kappa shape index (κ1) is 10.5. The fourth-order valence-electron chi connectivity index (χ4n) is 1.70. The summed E-state index contributed by atoms with van der Waals surface area (Å²) < 4.78 is 0. The molecule has 0 spiro atoms. The molecule has 1 saturated heterocycles. The van der Waals surface area contributed by atoms with Gasteiger partial charge < -0.3 is 5.32 Å². The minimum absolute atomic E-state index is 0.0478. The van der Waals surface area contributed by atoms with E-state index >= 15 is 0 Å². The summed E-state index contributed by atoms with van der Waals surface area (Å²) >= 11 is 0. The lowest BCUT2D eigenvalue weighted by Crippen LogP contribution is -2.34. The first-order chi connectivity index (χ1) is 6.16. The van der Waals surface area contributed by atoms with Crippen LogP contribution in [-0.2, 0) is 4.79 Å². The maximum atomic E-state index is 11.3. The SMILES string of the molecule is CCCCC[C@@H]1NC(=O)[C@H](C)N1C. The van der Waals surface area contributed by atoms with Gasteiger partial charge in [0.15, 0.2) is 0 Å². The number of amides is 1. The number of carbonyl (C=O) groups is 1. The molecular weight excluding hydrogens is 164 g/mol. The van der Waals surface area contributed by atoms with E-state index in [9.17, 15) is 4.79 Å². The molecule has 2 atom stereocenters. The van der Waals surface area contributed by atoms with Gasteiger partial charge in [0.2, 0.25) is 5.91 Å². The molecule has 0 radical (unpaired) electrons. The predicted molar refractivity (Wildman–Crippen MR) is 53.3 cm³/mol.